The molecular weight excluding hydrogens is 314 g/mol. The summed E-state index contributed by atoms with van der Waals surface area (Å²) in [4.78, 5) is 0.0255. The van der Waals surface area contributed by atoms with Gasteiger partial charge in [-0.05, 0) is 25.1 Å². The number of hydrogen-bond acceptors (Lipinski definition) is 3. The Bertz CT molecular complexity index is 536. The van der Waals surface area contributed by atoms with Gasteiger partial charge < -0.3 is 0 Å². The number of alkyl halides is 1. The number of nitrogens with zero attached hydrogens (tertiary/aromatic N) is 1. The average molecular weight is 323 g/mol. The zero-order valence-corrected chi connectivity index (χ0v) is 11.6. The van der Waals surface area contributed by atoms with Gasteiger partial charge in [-0.1, -0.05) is 15.9 Å². The predicted octanol–water partition coefficient (Wildman–Crippen LogP) is 2.72. The Labute approximate surface area is 108 Å². The topological polar surface area (TPSA) is 57.9 Å². The van der Waals surface area contributed by atoms with Gasteiger partial charge in [0.2, 0.25) is 0 Å². The highest BCUT2D eigenvalue weighted by atomic mass is 79.9. The van der Waals surface area contributed by atoms with Gasteiger partial charge in [0.25, 0.3) is 0 Å². The molecule has 0 heterocycles. The van der Waals surface area contributed by atoms with E-state index in [0.29, 0.717) is 4.47 Å². The van der Waals surface area contributed by atoms with Crippen molar-refractivity contribution in [3.63, 3.8) is 0 Å². The van der Waals surface area contributed by atoms with E-state index >= 15 is 0 Å². The standard InChI is InChI=1S/C10H9BrClNO2S/c1-7(5-12)16(14,15)10-4-9(11)3-2-8(10)6-13/h2-4,7H,5H2,1H3. The summed E-state index contributed by atoms with van der Waals surface area (Å²) in [6.45, 7) is 1.52. The van der Waals surface area contributed by atoms with Crippen molar-refractivity contribution in [3.8, 4) is 6.07 Å². The van der Waals surface area contributed by atoms with Gasteiger partial charge >= 0.3 is 0 Å². The molecule has 1 aromatic carbocycles. The number of benzene rings is 1. The molecule has 0 aromatic heterocycles. The minimum atomic E-state index is -3.54. The monoisotopic (exact) mass is 321 g/mol. The first kappa shape index (κ1) is 13.5. The molecule has 3 nitrogen and oxygen atoms in total. The van der Waals surface area contributed by atoms with Crippen LogP contribution in [0.2, 0.25) is 0 Å². The van der Waals surface area contributed by atoms with Gasteiger partial charge in [-0.25, -0.2) is 8.42 Å². The molecule has 0 fully saturated rings. The first-order valence-electron chi connectivity index (χ1n) is 4.43. The van der Waals surface area contributed by atoms with Crippen LogP contribution in [0.1, 0.15) is 12.5 Å². The molecule has 0 aliphatic rings. The van der Waals surface area contributed by atoms with Crippen LogP contribution in [0, 0.1) is 11.3 Å². The normalized spacial score (nSPS) is 13.1. The molecule has 0 saturated carbocycles. The van der Waals surface area contributed by atoms with E-state index < -0.39 is 15.1 Å². The molecule has 1 atom stereocenters. The molecule has 0 saturated heterocycles. The second-order valence-corrected chi connectivity index (χ2v) is 6.82. The highest BCUT2D eigenvalue weighted by molar-refractivity contribution is 9.10. The smallest absolute Gasteiger partial charge is 0.183 e. The minimum Gasteiger partial charge on any atom is -0.223 e. The third kappa shape index (κ3) is 2.57. The Hall–Kier alpha value is -0.570. The Morgan fingerprint density at radius 2 is 2.19 bits per heavy atom. The lowest BCUT2D eigenvalue weighted by Gasteiger charge is -2.11. The van der Waals surface area contributed by atoms with E-state index in [9.17, 15) is 8.42 Å². The summed E-state index contributed by atoms with van der Waals surface area (Å²) < 4.78 is 24.7. The van der Waals surface area contributed by atoms with Crippen LogP contribution in [0.15, 0.2) is 27.6 Å². The summed E-state index contributed by atoms with van der Waals surface area (Å²) in [7, 11) is -3.54. The van der Waals surface area contributed by atoms with Crippen LogP contribution in [-0.4, -0.2) is 19.5 Å². The first-order chi connectivity index (χ1) is 7.43. The van der Waals surface area contributed by atoms with Crippen LogP contribution >= 0.6 is 27.5 Å². The first-order valence-corrected chi connectivity index (χ1v) is 7.30. The highest BCUT2D eigenvalue weighted by Gasteiger charge is 2.25. The Morgan fingerprint density at radius 3 is 2.69 bits per heavy atom. The maximum Gasteiger partial charge on any atom is 0.183 e. The maximum absolute atomic E-state index is 12.0. The van der Waals surface area contributed by atoms with Gasteiger partial charge in [-0.3, -0.25) is 0 Å². The molecule has 1 rings (SSSR count). The van der Waals surface area contributed by atoms with E-state index in [0.717, 1.165) is 0 Å². The summed E-state index contributed by atoms with van der Waals surface area (Å²) in [5, 5.41) is 8.15. The zero-order valence-electron chi connectivity index (χ0n) is 8.44. The molecule has 1 aromatic rings. The third-order valence-electron chi connectivity index (χ3n) is 2.12. The predicted molar refractivity (Wildman–Crippen MR) is 66.2 cm³/mol. The zero-order chi connectivity index (χ0) is 12.3. The quantitative estimate of drug-likeness (QED) is 0.804. The van der Waals surface area contributed by atoms with Crippen LogP contribution in [0.3, 0.4) is 0 Å². The molecule has 0 spiro atoms. The van der Waals surface area contributed by atoms with Crippen molar-refractivity contribution in [2.24, 2.45) is 0 Å². The summed E-state index contributed by atoms with van der Waals surface area (Å²) in [5.41, 5.74) is 0.139. The van der Waals surface area contributed by atoms with E-state index in [1.807, 2.05) is 6.07 Å². The SMILES string of the molecule is CC(CCl)S(=O)(=O)c1cc(Br)ccc1C#N. The molecule has 0 N–H and O–H groups in total. The van der Waals surface area contributed by atoms with Crippen molar-refractivity contribution >= 4 is 37.4 Å². The van der Waals surface area contributed by atoms with Crippen LogP contribution in [-0.2, 0) is 9.84 Å². The number of rotatable bonds is 3. The lowest BCUT2D eigenvalue weighted by atomic mass is 10.2. The van der Waals surface area contributed by atoms with Gasteiger partial charge in [0, 0.05) is 10.4 Å². The second kappa shape index (κ2) is 5.17. The molecule has 6 heteroatoms. The van der Waals surface area contributed by atoms with Crippen molar-refractivity contribution in [2.75, 3.05) is 5.88 Å². The van der Waals surface area contributed by atoms with E-state index in [2.05, 4.69) is 15.9 Å². The largest absolute Gasteiger partial charge is 0.223 e. The fraction of sp³-hybridized carbons (Fsp3) is 0.300. The van der Waals surface area contributed by atoms with E-state index in [4.69, 9.17) is 16.9 Å². The van der Waals surface area contributed by atoms with Crippen molar-refractivity contribution in [3.05, 3.63) is 28.2 Å². The lowest BCUT2D eigenvalue weighted by molar-refractivity contribution is 0.587. The third-order valence-corrected chi connectivity index (χ3v) is 5.43. The van der Waals surface area contributed by atoms with Gasteiger partial charge in [0.15, 0.2) is 9.84 Å². The molecule has 0 radical (unpaired) electrons. The number of halogens is 2. The van der Waals surface area contributed by atoms with E-state index in [1.165, 1.54) is 19.1 Å². The Kier molecular flexibility index (Phi) is 4.36. The van der Waals surface area contributed by atoms with E-state index in [1.54, 1.807) is 6.07 Å². The van der Waals surface area contributed by atoms with E-state index in [-0.39, 0.29) is 16.3 Å². The Morgan fingerprint density at radius 1 is 1.56 bits per heavy atom. The molecule has 0 bridgehead atoms. The minimum absolute atomic E-state index is 0.000283. The molecular formula is C10H9BrClNO2S. The molecule has 0 aliphatic heterocycles. The molecule has 0 amide bonds. The molecule has 86 valence electrons. The van der Waals surface area contributed by atoms with Crippen LogP contribution in [0.4, 0.5) is 0 Å². The molecule has 0 aliphatic carbocycles. The summed E-state index contributed by atoms with van der Waals surface area (Å²) in [6, 6.07) is 6.39. The summed E-state index contributed by atoms with van der Waals surface area (Å²) in [6.07, 6.45) is 0. The van der Waals surface area contributed by atoms with Crippen LogP contribution in [0.5, 0.6) is 0 Å². The lowest BCUT2D eigenvalue weighted by Crippen LogP contribution is -2.20. The van der Waals surface area contributed by atoms with Crippen molar-refractivity contribution in [1.29, 1.82) is 5.26 Å². The summed E-state index contributed by atoms with van der Waals surface area (Å²) in [5.74, 6) is -0.000283. The van der Waals surface area contributed by atoms with Crippen LogP contribution < -0.4 is 0 Å². The average Bonchev–Trinajstić information content (AvgIpc) is 2.27. The number of hydrogen-bond donors (Lipinski definition) is 0. The van der Waals surface area contributed by atoms with Crippen molar-refractivity contribution in [2.45, 2.75) is 17.1 Å². The van der Waals surface area contributed by atoms with Gasteiger partial charge in [-0.15, -0.1) is 11.6 Å². The Balaban J connectivity index is 3.44. The van der Waals surface area contributed by atoms with Crippen molar-refractivity contribution in [1.82, 2.24) is 0 Å². The fourth-order valence-electron chi connectivity index (χ4n) is 1.12. The second-order valence-electron chi connectivity index (χ2n) is 3.26. The van der Waals surface area contributed by atoms with Gasteiger partial charge in [-0.2, -0.15) is 5.26 Å². The highest BCUT2D eigenvalue weighted by Crippen LogP contribution is 2.24. The molecule has 16 heavy (non-hydrogen) atoms. The molecule has 1 unspecified atom stereocenters. The van der Waals surface area contributed by atoms with Gasteiger partial charge in [0.05, 0.1) is 15.7 Å². The number of sulfone groups is 1. The van der Waals surface area contributed by atoms with Crippen molar-refractivity contribution < 1.29 is 8.42 Å². The van der Waals surface area contributed by atoms with Gasteiger partial charge in [0.1, 0.15) is 6.07 Å². The van der Waals surface area contributed by atoms with Crippen LogP contribution in [0.25, 0.3) is 0 Å². The maximum atomic E-state index is 12.0. The fourth-order valence-corrected chi connectivity index (χ4v) is 3.44. The number of nitriles is 1. The summed E-state index contributed by atoms with van der Waals surface area (Å²) >= 11 is 8.73.